The van der Waals surface area contributed by atoms with Gasteiger partial charge in [0.2, 0.25) is 5.91 Å². The minimum atomic E-state index is -0.211. The third-order valence-corrected chi connectivity index (χ3v) is 5.82. The van der Waals surface area contributed by atoms with Crippen LogP contribution in [0.15, 0.2) is 58.5 Å². The zero-order chi connectivity index (χ0) is 20.3. The van der Waals surface area contributed by atoms with Crippen molar-refractivity contribution < 1.29 is 4.79 Å². The lowest BCUT2D eigenvalue weighted by Crippen LogP contribution is -2.37. The lowest BCUT2D eigenvalue weighted by molar-refractivity contribution is -0.119. The highest BCUT2D eigenvalue weighted by molar-refractivity contribution is 7.99. The van der Waals surface area contributed by atoms with E-state index in [1.807, 2.05) is 19.1 Å². The van der Waals surface area contributed by atoms with Gasteiger partial charge in [0, 0.05) is 6.04 Å². The van der Waals surface area contributed by atoms with Crippen LogP contribution in [0.3, 0.4) is 0 Å². The van der Waals surface area contributed by atoms with Crippen molar-refractivity contribution in [1.82, 2.24) is 14.9 Å². The van der Waals surface area contributed by atoms with Gasteiger partial charge in [0.1, 0.15) is 0 Å². The molecule has 0 saturated heterocycles. The first-order valence-corrected chi connectivity index (χ1v) is 10.4. The number of fused-ring (bicyclic) bond motifs is 1. The Morgan fingerprint density at radius 3 is 2.54 bits per heavy atom. The number of aromatic nitrogens is 2. The van der Waals surface area contributed by atoms with Crippen molar-refractivity contribution >= 4 is 40.2 Å². The summed E-state index contributed by atoms with van der Waals surface area (Å²) in [5.74, 6) is 0.403. The Bertz CT molecular complexity index is 1060. The van der Waals surface area contributed by atoms with E-state index in [-0.39, 0.29) is 23.3 Å². The highest BCUT2D eigenvalue weighted by atomic mass is 35.5. The van der Waals surface area contributed by atoms with Gasteiger partial charge in [0.25, 0.3) is 5.56 Å². The smallest absolute Gasteiger partial charge is 0.266 e. The topological polar surface area (TPSA) is 64.0 Å². The summed E-state index contributed by atoms with van der Waals surface area (Å²) in [7, 11) is 0. The van der Waals surface area contributed by atoms with Crippen LogP contribution in [0.4, 0.5) is 0 Å². The Hall–Kier alpha value is -2.31. The van der Waals surface area contributed by atoms with Gasteiger partial charge in [0.05, 0.1) is 27.4 Å². The van der Waals surface area contributed by atoms with Crippen molar-refractivity contribution in [2.24, 2.45) is 5.92 Å². The van der Waals surface area contributed by atoms with Gasteiger partial charge in [-0.15, -0.1) is 0 Å². The Morgan fingerprint density at radius 1 is 1.14 bits per heavy atom. The number of nitrogens with one attached hydrogen (secondary N) is 1. The molecular weight excluding hydrogens is 394 g/mol. The van der Waals surface area contributed by atoms with Crippen LogP contribution in [0.2, 0.25) is 5.02 Å². The molecule has 146 valence electrons. The first-order valence-electron chi connectivity index (χ1n) is 9.07. The Morgan fingerprint density at radius 2 is 1.82 bits per heavy atom. The fraction of sp³-hybridized carbons (Fsp3) is 0.286. The molecule has 0 bridgehead atoms. The van der Waals surface area contributed by atoms with E-state index in [1.54, 1.807) is 36.4 Å². The summed E-state index contributed by atoms with van der Waals surface area (Å²) in [6.45, 7) is 6.08. The maximum Gasteiger partial charge on any atom is 0.266 e. The highest BCUT2D eigenvalue weighted by Crippen LogP contribution is 2.25. The van der Waals surface area contributed by atoms with Crippen LogP contribution in [0.1, 0.15) is 20.8 Å². The van der Waals surface area contributed by atoms with Crippen molar-refractivity contribution in [1.29, 1.82) is 0 Å². The minimum Gasteiger partial charge on any atom is -0.353 e. The van der Waals surface area contributed by atoms with Gasteiger partial charge >= 0.3 is 0 Å². The molecule has 0 radical (unpaired) electrons. The van der Waals surface area contributed by atoms with Crippen LogP contribution in [-0.2, 0) is 4.79 Å². The van der Waals surface area contributed by atoms with Gasteiger partial charge in [-0.2, -0.15) is 0 Å². The van der Waals surface area contributed by atoms with Crippen molar-refractivity contribution in [2.75, 3.05) is 5.75 Å². The average molecular weight is 416 g/mol. The summed E-state index contributed by atoms with van der Waals surface area (Å²) in [5.41, 5.74) is 0.928. The van der Waals surface area contributed by atoms with Crippen LogP contribution >= 0.6 is 23.4 Å². The van der Waals surface area contributed by atoms with Gasteiger partial charge in [-0.1, -0.05) is 61.5 Å². The predicted octanol–water partition coefficient (Wildman–Crippen LogP) is 4.29. The second kappa shape index (κ2) is 8.80. The number of thioether (sulfide) groups is 1. The molecule has 1 amide bonds. The van der Waals surface area contributed by atoms with Crippen molar-refractivity contribution in [2.45, 2.75) is 32.0 Å². The molecule has 0 fully saturated rings. The van der Waals surface area contributed by atoms with Gasteiger partial charge in [0.15, 0.2) is 5.16 Å². The normalized spacial score (nSPS) is 12.3. The number of hydrogen-bond acceptors (Lipinski definition) is 4. The molecule has 0 aliphatic carbocycles. The Kier molecular flexibility index (Phi) is 6.42. The fourth-order valence-electron chi connectivity index (χ4n) is 2.65. The molecule has 0 aliphatic heterocycles. The molecule has 2 aromatic carbocycles. The lowest BCUT2D eigenvalue weighted by Gasteiger charge is -2.18. The van der Waals surface area contributed by atoms with Gasteiger partial charge < -0.3 is 5.32 Å². The quantitative estimate of drug-likeness (QED) is 0.481. The largest absolute Gasteiger partial charge is 0.353 e. The van der Waals surface area contributed by atoms with E-state index in [2.05, 4.69) is 24.1 Å². The summed E-state index contributed by atoms with van der Waals surface area (Å²) in [6, 6.07) is 14.4. The molecule has 5 nitrogen and oxygen atoms in total. The molecule has 3 aromatic rings. The molecule has 1 atom stereocenters. The molecule has 3 rings (SSSR count). The minimum absolute atomic E-state index is 0.0726. The maximum absolute atomic E-state index is 13.2. The molecule has 1 heterocycles. The monoisotopic (exact) mass is 415 g/mol. The van der Waals surface area contributed by atoms with Crippen molar-refractivity contribution in [3.63, 3.8) is 0 Å². The summed E-state index contributed by atoms with van der Waals surface area (Å²) in [6.07, 6.45) is 0. The average Bonchev–Trinajstić information content (AvgIpc) is 2.67. The molecule has 28 heavy (non-hydrogen) atoms. The summed E-state index contributed by atoms with van der Waals surface area (Å²) >= 11 is 7.57. The molecule has 0 spiro atoms. The van der Waals surface area contributed by atoms with Gasteiger partial charge in [-0.05, 0) is 37.1 Å². The standard InChI is InChI=1S/C21H22ClN3O2S/c1-13(2)14(3)23-19(26)12-28-21-24-17-10-6-4-8-15(17)20(27)25(21)18-11-7-5-9-16(18)22/h4-11,13-14H,12H2,1-3H3,(H,23,26). The predicted molar refractivity (Wildman–Crippen MR) is 116 cm³/mol. The van der Waals surface area contributed by atoms with E-state index in [9.17, 15) is 9.59 Å². The molecule has 7 heteroatoms. The first kappa shape index (κ1) is 20.4. The number of carbonyl (C=O) groups excluding carboxylic acids is 1. The van der Waals surface area contributed by atoms with Crippen LogP contribution in [0.25, 0.3) is 16.6 Å². The number of amides is 1. The van der Waals surface area contributed by atoms with E-state index in [0.717, 1.165) is 0 Å². The number of carbonyl (C=O) groups is 1. The first-order chi connectivity index (χ1) is 13.4. The number of hydrogen-bond donors (Lipinski definition) is 1. The zero-order valence-electron chi connectivity index (χ0n) is 16.0. The molecular formula is C21H22ClN3O2S. The van der Waals surface area contributed by atoms with Crippen molar-refractivity contribution in [3.05, 3.63) is 63.9 Å². The lowest BCUT2D eigenvalue weighted by atomic mass is 10.1. The summed E-state index contributed by atoms with van der Waals surface area (Å²) in [5, 5.41) is 4.36. The maximum atomic E-state index is 13.2. The van der Waals surface area contributed by atoms with Crippen molar-refractivity contribution in [3.8, 4) is 5.69 Å². The van der Waals surface area contributed by atoms with E-state index < -0.39 is 0 Å². The highest BCUT2D eigenvalue weighted by Gasteiger charge is 2.17. The number of rotatable bonds is 6. The number of benzene rings is 2. The zero-order valence-corrected chi connectivity index (χ0v) is 17.6. The van der Waals surface area contributed by atoms with E-state index in [1.165, 1.54) is 16.3 Å². The third kappa shape index (κ3) is 4.39. The molecule has 1 N–H and O–H groups in total. The SMILES string of the molecule is CC(C)C(C)NC(=O)CSc1nc2ccccc2c(=O)n1-c1ccccc1Cl. The Balaban J connectivity index is 2.01. The second-order valence-corrected chi connectivity index (χ2v) is 8.24. The number of nitrogens with zero attached hydrogens (tertiary/aromatic N) is 2. The summed E-state index contributed by atoms with van der Waals surface area (Å²) in [4.78, 5) is 30.1. The summed E-state index contributed by atoms with van der Waals surface area (Å²) < 4.78 is 1.48. The third-order valence-electron chi connectivity index (χ3n) is 4.56. The van der Waals surface area contributed by atoms with Crippen LogP contribution in [0.5, 0.6) is 0 Å². The second-order valence-electron chi connectivity index (χ2n) is 6.89. The molecule has 1 unspecified atom stereocenters. The van der Waals surface area contributed by atoms with E-state index in [4.69, 9.17) is 11.6 Å². The molecule has 0 saturated carbocycles. The molecule has 0 aliphatic rings. The number of para-hydroxylation sites is 2. The molecule has 1 aromatic heterocycles. The van der Waals surface area contributed by atoms with Crippen LogP contribution < -0.4 is 10.9 Å². The number of halogens is 1. The van der Waals surface area contributed by atoms with E-state index in [0.29, 0.717) is 32.7 Å². The van der Waals surface area contributed by atoms with Crippen LogP contribution in [0, 0.1) is 5.92 Å². The van der Waals surface area contributed by atoms with Gasteiger partial charge in [-0.25, -0.2) is 4.98 Å². The Labute approximate surface area is 173 Å². The van der Waals surface area contributed by atoms with E-state index >= 15 is 0 Å². The fourth-order valence-corrected chi connectivity index (χ4v) is 3.68. The van der Waals surface area contributed by atoms with Gasteiger partial charge in [-0.3, -0.25) is 14.2 Å². The van der Waals surface area contributed by atoms with Crippen LogP contribution in [-0.4, -0.2) is 27.3 Å².